The third-order valence-electron chi connectivity index (χ3n) is 7.06. The number of hydrogen-bond acceptors (Lipinski definition) is 9. The van der Waals surface area contributed by atoms with Crippen LogP contribution >= 0.6 is 0 Å². The molecule has 0 unspecified atom stereocenters. The monoisotopic (exact) mass is 482 g/mol. The van der Waals surface area contributed by atoms with E-state index in [4.69, 9.17) is 5.73 Å². The van der Waals surface area contributed by atoms with Crippen LogP contribution < -0.4 is 15.5 Å². The molecule has 4 rings (SSSR count). The van der Waals surface area contributed by atoms with Crippen molar-refractivity contribution in [2.45, 2.75) is 12.5 Å². The largest absolute Gasteiger partial charge is 0.510 e. The molecule has 2 aliphatic carbocycles. The van der Waals surface area contributed by atoms with Crippen LogP contribution in [0, 0.1) is 11.8 Å². The van der Waals surface area contributed by atoms with E-state index in [-0.39, 0.29) is 23.1 Å². The van der Waals surface area contributed by atoms with Gasteiger partial charge in [-0.25, -0.2) is 0 Å². The summed E-state index contributed by atoms with van der Waals surface area (Å²) in [5.41, 5.74) is 6.40. The molecular weight excluding hydrogens is 452 g/mol. The van der Waals surface area contributed by atoms with Gasteiger partial charge in [0.05, 0.1) is 28.6 Å². The fourth-order valence-corrected chi connectivity index (χ4v) is 5.55. The predicted molar refractivity (Wildman–Crippen MR) is 132 cm³/mol. The van der Waals surface area contributed by atoms with Crippen LogP contribution in [0.15, 0.2) is 23.5 Å². The number of hydrogen-bond donors (Lipinski definition) is 4. The number of Topliss-reactive ketones (excluding diaryl/α,β-unsaturated/α-hetero) is 2. The molecule has 0 radical (unpaired) electrons. The number of aliphatic hydroxyl groups excluding tert-OH is 1. The average Bonchev–Trinajstić information content (AvgIpc) is 2.72. The lowest BCUT2D eigenvalue weighted by atomic mass is 9.64. The van der Waals surface area contributed by atoms with E-state index in [2.05, 4.69) is 0 Å². The molecule has 0 aromatic heterocycles. The number of benzene rings is 2. The van der Waals surface area contributed by atoms with Gasteiger partial charge in [0.15, 0.2) is 17.3 Å². The van der Waals surface area contributed by atoms with Gasteiger partial charge in [-0.15, -0.1) is 0 Å². The molecule has 0 bridgehead atoms. The van der Waals surface area contributed by atoms with Gasteiger partial charge in [-0.05, 0) is 38.2 Å². The Morgan fingerprint density at radius 2 is 1.51 bits per heavy atom. The number of ketones is 2. The van der Waals surface area contributed by atoms with Crippen molar-refractivity contribution >= 4 is 39.6 Å². The van der Waals surface area contributed by atoms with E-state index in [1.807, 2.05) is 19.0 Å². The maximum atomic E-state index is 13.8. The van der Waals surface area contributed by atoms with Gasteiger partial charge >= 0.3 is 0 Å². The number of amides is 1. The first-order valence-electron chi connectivity index (χ1n) is 11.2. The van der Waals surface area contributed by atoms with E-state index in [1.165, 1.54) is 0 Å². The Hall–Kier alpha value is -3.79. The number of phenols is 2. The number of anilines is 2. The highest BCUT2D eigenvalue weighted by Crippen LogP contribution is 2.50. The standard InChI is InChI=1S/C25H30N4O6/c1-27(2)13-9-14(28(3)4)20(30)16-11(13)7-10-8-12-17(22(32)15(10)21(16)31)23(33)18(25(26)35)24(34)19(12)29(5)6/h7,9,12,17,19,30-31,34H,8H2,1-6H3,(H2,26,35)/t12-,17-,19+/m1/s1. The fourth-order valence-electron chi connectivity index (χ4n) is 5.55. The second-order valence-corrected chi connectivity index (χ2v) is 9.84. The summed E-state index contributed by atoms with van der Waals surface area (Å²) in [6, 6.07) is 2.74. The number of aromatic hydroxyl groups is 2. The second-order valence-electron chi connectivity index (χ2n) is 9.84. The van der Waals surface area contributed by atoms with Gasteiger partial charge in [-0.2, -0.15) is 0 Å². The molecule has 1 amide bonds. The van der Waals surface area contributed by atoms with E-state index in [1.54, 1.807) is 50.1 Å². The van der Waals surface area contributed by atoms with Crippen LogP contribution in [0.5, 0.6) is 11.5 Å². The van der Waals surface area contributed by atoms with E-state index < -0.39 is 52.4 Å². The number of carbonyl (C=O) groups excluding carboxylic acids is 3. The molecular formula is C25H30N4O6. The van der Waals surface area contributed by atoms with Crippen LogP contribution in [-0.2, 0) is 16.0 Å². The molecule has 0 saturated carbocycles. The van der Waals surface area contributed by atoms with E-state index in [9.17, 15) is 29.7 Å². The van der Waals surface area contributed by atoms with Crippen molar-refractivity contribution in [3.8, 4) is 11.5 Å². The molecule has 0 aliphatic heterocycles. The van der Waals surface area contributed by atoms with E-state index in [0.29, 0.717) is 16.6 Å². The molecule has 2 aliphatic rings. The SMILES string of the molecule is CN(C)c1cc(N(C)C)c2cc3c(c(O)c2c1O)C(=O)[C@@H]1C(=O)C(C(N)=O)=C(O)[C@@H](N(C)C)[C@@H]1C3. The highest BCUT2D eigenvalue weighted by Gasteiger charge is 2.53. The Morgan fingerprint density at radius 1 is 0.914 bits per heavy atom. The maximum Gasteiger partial charge on any atom is 0.255 e. The smallest absolute Gasteiger partial charge is 0.255 e. The van der Waals surface area contributed by atoms with Gasteiger partial charge in [-0.3, -0.25) is 19.3 Å². The van der Waals surface area contributed by atoms with E-state index >= 15 is 0 Å². The Labute approximate surface area is 202 Å². The van der Waals surface area contributed by atoms with Crippen molar-refractivity contribution in [3.05, 3.63) is 34.6 Å². The summed E-state index contributed by atoms with van der Waals surface area (Å²) in [7, 11) is 10.5. The van der Waals surface area contributed by atoms with Gasteiger partial charge in [-0.1, -0.05) is 0 Å². The summed E-state index contributed by atoms with van der Waals surface area (Å²) < 4.78 is 0. The summed E-state index contributed by atoms with van der Waals surface area (Å²) in [5.74, 6) is -5.66. The van der Waals surface area contributed by atoms with Gasteiger partial charge in [0.2, 0.25) is 0 Å². The normalized spacial score (nSPS) is 21.9. The lowest BCUT2D eigenvalue weighted by Crippen LogP contribution is -2.54. The minimum Gasteiger partial charge on any atom is -0.510 e. The Bertz CT molecular complexity index is 1330. The molecule has 0 heterocycles. The van der Waals surface area contributed by atoms with Crippen molar-refractivity contribution in [1.29, 1.82) is 0 Å². The Kier molecular flexibility index (Phi) is 5.67. The number of nitrogens with two attached hydrogens (primary N) is 1. The molecule has 2 aromatic carbocycles. The quantitative estimate of drug-likeness (QED) is 0.372. The van der Waals surface area contributed by atoms with E-state index in [0.717, 1.165) is 5.69 Å². The number of phenolic OH excluding ortho intramolecular Hbond substituents is 2. The van der Waals surface area contributed by atoms with Crippen molar-refractivity contribution in [1.82, 2.24) is 4.90 Å². The molecule has 0 fully saturated rings. The number of fused-ring (bicyclic) bond motifs is 3. The van der Waals surface area contributed by atoms with Gasteiger partial charge in [0, 0.05) is 45.2 Å². The van der Waals surface area contributed by atoms with Crippen LogP contribution in [0.4, 0.5) is 11.4 Å². The topological polar surface area (TPSA) is 148 Å². The molecule has 3 atom stereocenters. The summed E-state index contributed by atoms with van der Waals surface area (Å²) in [6.45, 7) is 0. The number of nitrogens with zero attached hydrogens (tertiary/aromatic N) is 3. The van der Waals surface area contributed by atoms with Crippen LogP contribution in [-0.4, -0.2) is 86.0 Å². The second kappa shape index (κ2) is 8.16. The Balaban J connectivity index is 2.04. The zero-order chi connectivity index (χ0) is 26.1. The first-order chi connectivity index (χ1) is 16.3. The molecule has 10 heteroatoms. The minimum atomic E-state index is -1.30. The zero-order valence-electron chi connectivity index (χ0n) is 20.6. The first-order valence-corrected chi connectivity index (χ1v) is 11.2. The average molecular weight is 483 g/mol. The van der Waals surface area contributed by atoms with Crippen LogP contribution in [0.2, 0.25) is 0 Å². The number of rotatable bonds is 4. The van der Waals surface area contributed by atoms with Gasteiger partial charge < -0.3 is 30.9 Å². The van der Waals surface area contributed by atoms with Crippen LogP contribution in [0.1, 0.15) is 15.9 Å². The lowest BCUT2D eigenvalue weighted by Gasteiger charge is -2.42. The van der Waals surface area contributed by atoms with Gasteiger partial charge in [0.1, 0.15) is 17.1 Å². The highest BCUT2D eigenvalue weighted by atomic mass is 16.3. The summed E-state index contributed by atoms with van der Waals surface area (Å²) >= 11 is 0. The number of carbonyl (C=O) groups is 3. The summed E-state index contributed by atoms with van der Waals surface area (Å²) in [6.07, 6.45) is 0.184. The van der Waals surface area contributed by atoms with Crippen molar-refractivity contribution in [3.63, 3.8) is 0 Å². The first kappa shape index (κ1) is 24.3. The highest BCUT2D eigenvalue weighted by molar-refractivity contribution is 6.29. The van der Waals surface area contributed by atoms with Crippen molar-refractivity contribution in [2.24, 2.45) is 17.6 Å². The maximum absolute atomic E-state index is 13.8. The molecule has 186 valence electrons. The zero-order valence-corrected chi connectivity index (χ0v) is 20.6. The molecule has 0 spiro atoms. The van der Waals surface area contributed by atoms with Crippen LogP contribution in [0.3, 0.4) is 0 Å². The van der Waals surface area contributed by atoms with Crippen molar-refractivity contribution < 1.29 is 29.7 Å². The molecule has 35 heavy (non-hydrogen) atoms. The lowest BCUT2D eigenvalue weighted by molar-refractivity contribution is -0.125. The predicted octanol–water partition coefficient (Wildman–Crippen LogP) is 1.16. The molecule has 0 saturated heterocycles. The molecule has 10 nitrogen and oxygen atoms in total. The summed E-state index contributed by atoms with van der Waals surface area (Å²) in [5, 5.41) is 33.8. The minimum absolute atomic E-state index is 0.0641. The van der Waals surface area contributed by atoms with Crippen molar-refractivity contribution in [2.75, 3.05) is 52.1 Å². The molecule has 2 aromatic rings. The Morgan fingerprint density at radius 3 is 2.03 bits per heavy atom. The molecule has 5 N–H and O–H groups in total. The third-order valence-corrected chi connectivity index (χ3v) is 7.06. The van der Waals surface area contributed by atoms with Gasteiger partial charge in [0.25, 0.3) is 5.91 Å². The number of likely N-dealkylation sites (N-methyl/N-ethyl adjacent to an activating group) is 1. The number of primary amides is 1. The fraction of sp³-hybridized carbons (Fsp3) is 0.400. The third kappa shape index (κ3) is 3.39. The number of aliphatic hydroxyl groups is 1. The summed E-state index contributed by atoms with van der Waals surface area (Å²) in [4.78, 5) is 44.2. The van der Waals surface area contributed by atoms with Crippen LogP contribution in [0.25, 0.3) is 10.8 Å².